The van der Waals surface area contributed by atoms with E-state index in [9.17, 15) is 4.79 Å². The van der Waals surface area contributed by atoms with Crippen LogP contribution in [0.2, 0.25) is 0 Å². The Balaban J connectivity index is 1.98. The lowest BCUT2D eigenvalue weighted by Crippen LogP contribution is -2.15. The number of anilines is 2. The standard InChI is InChI=1S/C15H17BrN4O2/c1-10-7-11(3-4-12(10)16)20-15(21)13-8-19-14(9-18-13)17-5-6-22-2/h3-4,7-9H,5-6H2,1-2H3,(H,17,19)(H,20,21). The molecule has 0 spiro atoms. The highest BCUT2D eigenvalue weighted by Gasteiger charge is 2.09. The lowest BCUT2D eigenvalue weighted by molar-refractivity contribution is 0.102. The van der Waals surface area contributed by atoms with Crippen molar-refractivity contribution in [2.24, 2.45) is 0 Å². The molecular weight excluding hydrogens is 348 g/mol. The van der Waals surface area contributed by atoms with Crippen LogP contribution in [0.3, 0.4) is 0 Å². The number of rotatable bonds is 6. The van der Waals surface area contributed by atoms with Gasteiger partial charge >= 0.3 is 0 Å². The molecule has 1 heterocycles. The van der Waals surface area contributed by atoms with E-state index in [4.69, 9.17) is 4.74 Å². The Kier molecular flexibility index (Phi) is 5.85. The average molecular weight is 365 g/mol. The Morgan fingerprint density at radius 2 is 2.14 bits per heavy atom. The number of carbonyl (C=O) groups excluding carboxylic acids is 1. The van der Waals surface area contributed by atoms with Crippen molar-refractivity contribution in [3.8, 4) is 0 Å². The quantitative estimate of drug-likeness (QED) is 0.770. The van der Waals surface area contributed by atoms with Crippen LogP contribution in [0.15, 0.2) is 35.1 Å². The number of ether oxygens (including phenoxy) is 1. The Morgan fingerprint density at radius 3 is 2.77 bits per heavy atom. The third-order valence-corrected chi connectivity index (χ3v) is 3.80. The molecule has 2 aromatic rings. The average Bonchev–Trinajstić information content (AvgIpc) is 2.52. The van der Waals surface area contributed by atoms with Gasteiger partial charge in [-0.15, -0.1) is 0 Å². The fourth-order valence-electron chi connectivity index (χ4n) is 1.74. The van der Waals surface area contributed by atoms with Crippen molar-refractivity contribution >= 4 is 33.3 Å². The van der Waals surface area contributed by atoms with Gasteiger partial charge in [0.25, 0.3) is 5.91 Å². The first kappa shape index (κ1) is 16.4. The third-order valence-electron chi connectivity index (χ3n) is 2.91. The van der Waals surface area contributed by atoms with Crippen molar-refractivity contribution in [2.75, 3.05) is 30.9 Å². The van der Waals surface area contributed by atoms with Gasteiger partial charge in [-0.2, -0.15) is 0 Å². The van der Waals surface area contributed by atoms with Gasteiger partial charge in [0.1, 0.15) is 11.5 Å². The van der Waals surface area contributed by atoms with E-state index in [2.05, 4.69) is 36.5 Å². The molecule has 7 heteroatoms. The van der Waals surface area contributed by atoms with Gasteiger partial charge in [-0.05, 0) is 30.7 Å². The molecule has 6 nitrogen and oxygen atoms in total. The molecule has 22 heavy (non-hydrogen) atoms. The highest BCUT2D eigenvalue weighted by atomic mass is 79.9. The van der Waals surface area contributed by atoms with Crippen molar-refractivity contribution in [1.29, 1.82) is 0 Å². The minimum atomic E-state index is -0.294. The van der Waals surface area contributed by atoms with Crippen molar-refractivity contribution in [3.05, 3.63) is 46.3 Å². The van der Waals surface area contributed by atoms with Crippen LogP contribution in [0.5, 0.6) is 0 Å². The summed E-state index contributed by atoms with van der Waals surface area (Å²) in [6.45, 7) is 3.17. The number of halogens is 1. The normalized spacial score (nSPS) is 10.3. The highest BCUT2D eigenvalue weighted by molar-refractivity contribution is 9.10. The molecule has 1 aromatic carbocycles. The van der Waals surface area contributed by atoms with Crippen molar-refractivity contribution in [2.45, 2.75) is 6.92 Å². The lowest BCUT2D eigenvalue weighted by Gasteiger charge is -2.07. The molecule has 0 radical (unpaired) electrons. The molecule has 0 saturated carbocycles. The summed E-state index contributed by atoms with van der Waals surface area (Å²) in [5, 5.41) is 5.83. The van der Waals surface area contributed by atoms with E-state index >= 15 is 0 Å². The topological polar surface area (TPSA) is 76.1 Å². The van der Waals surface area contributed by atoms with Gasteiger partial charge in [0, 0.05) is 23.8 Å². The van der Waals surface area contributed by atoms with E-state index in [0.717, 1.165) is 15.7 Å². The number of hydrogen-bond donors (Lipinski definition) is 2. The molecule has 0 aliphatic rings. The number of aryl methyl sites for hydroxylation is 1. The molecule has 1 aromatic heterocycles. The number of amides is 1. The number of nitrogens with one attached hydrogen (secondary N) is 2. The van der Waals surface area contributed by atoms with E-state index in [0.29, 0.717) is 19.0 Å². The summed E-state index contributed by atoms with van der Waals surface area (Å²) in [5.74, 6) is 0.311. The Morgan fingerprint density at radius 1 is 1.32 bits per heavy atom. The van der Waals surface area contributed by atoms with Gasteiger partial charge in [0.15, 0.2) is 0 Å². The molecule has 116 valence electrons. The monoisotopic (exact) mass is 364 g/mol. The highest BCUT2D eigenvalue weighted by Crippen LogP contribution is 2.20. The van der Waals surface area contributed by atoms with Gasteiger partial charge in [0.05, 0.1) is 19.0 Å². The van der Waals surface area contributed by atoms with E-state index in [1.54, 1.807) is 7.11 Å². The summed E-state index contributed by atoms with van der Waals surface area (Å²) < 4.78 is 5.93. The van der Waals surface area contributed by atoms with Gasteiger partial charge in [-0.3, -0.25) is 4.79 Å². The van der Waals surface area contributed by atoms with Crippen molar-refractivity contribution < 1.29 is 9.53 Å². The Hall–Kier alpha value is -1.99. The zero-order valence-corrected chi connectivity index (χ0v) is 14.0. The Labute approximate surface area is 137 Å². The lowest BCUT2D eigenvalue weighted by atomic mass is 10.2. The maximum absolute atomic E-state index is 12.1. The number of hydrogen-bond acceptors (Lipinski definition) is 5. The second-order valence-electron chi connectivity index (χ2n) is 4.62. The van der Waals surface area contributed by atoms with E-state index in [1.807, 2.05) is 25.1 Å². The second kappa shape index (κ2) is 7.86. The number of aromatic nitrogens is 2. The smallest absolute Gasteiger partial charge is 0.275 e. The molecular formula is C15H17BrN4O2. The molecule has 0 aliphatic carbocycles. The molecule has 0 bridgehead atoms. The zero-order chi connectivity index (χ0) is 15.9. The van der Waals surface area contributed by atoms with Gasteiger partial charge < -0.3 is 15.4 Å². The molecule has 0 fully saturated rings. The van der Waals surface area contributed by atoms with Crippen molar-refractivity contribution in [1.82, 2.24) is 9.97 Å². The zero-order valence-electron chi connectivity index (χ0n) is 12.4. The minimum Gasteiger partial charge on any atom is -0.383 e. The van der Waals surface area contributed by atoms with Gasteiger partial charge in [-0.25, -0.2) is 9.97 Å². The van der Waals surface area contributed by atoms with Crippen LogP contribution in [0.25, 0.3) is 0 Å². The Bertz CT molecular complexity index is 646. The molecule has 2 rings (SSSR count). The number of nitrogens with zero attached hydrogens (tertiary/aromatic N) is 2. The first-order chi connectivity index (χ1) is 10.6. The maximum atomic E-state index is 12.1. The van der Waals surface area contributed by atoms with Crippen LogP contribution in [-0.2, 0) is 4.74 Å². The number of carbonyl (C=O) groups is 1. The van der Waals surface area contributed by atoms with Crippen LogP contribution >= 0.6 is 15.9 Å². The van der Waals surface area contributed by atoms with Crippen LogP contribution in [-0.4, -0.2) is 36.1 Å². The van der Waals surface area contributed by atoms with Crippen LogP contribution in [0.1, 0.15) is 16.1 Å². The molecule has 1 amide bonds. The molecule has 2 N–H and O–H groups in total. The first-order valence-corrected chi connectivity index (χ1v) is 7.52. The molecule has 0 saturated heterocycles. The predicted octanol–water partition coefficient (Wildman–Crippen LogP) is 2.86. The van der Waals surface area contributed by atoms with Crippen LogP contribution < -0.4 is 10.6 Å². The minimum absolute atomic E-state index is 0.262. The molecule has 0 aliphatic heterocycles. The van der Waals surface area contributed by atoms with E-state index < -0.39 is 0 Å². The van der Waals surface area contributed by atoms with Crippen LogP contribution in [0, 0.1) is 6.92 Å². The van der Waals surface area contributed by atoms with Gasteiger partial charge in [-0.1, -0.05) is 15.9 Å². The van der Waals surface area contributed by atoms with Gasteiger partial charge in [0.2, 0.25) is 0 Å². The van der Waals surface area contributed by atoms with Crippen LogP contribution in [0.4, 0.5) is 11.5 Å². The summed E-state index contributed by atoms with van der Waals surface area (Å²) in [5.41, 5.74) is 2.02. The first-order valence-electron chi connectivity index (χ1n) is 6.72. The summed E-state index contributed by atoms with van der Waals surface area (Å²) >= 11 is 3.42. The van der Waals surface area contributed by atoms with E-state index in [-0.39, 0.29) is 11.6 Å². The summed E-state index contributed by atoms with van der Waals surface area (Å²) in [6, 6.07) is 5.60. The summed E-state index contributed by atoms with van der Waals surface area (Å²) in [6.07, 6.45) is 2.97. The fraction of sp³-hybridized carbons (Fsp3) is 0.267. The largest absolute Gasteiger partial charge is 0.383 e. The van der Waals surface area contributed by atoms with E-state index in [1.165, 1.54) is 12.4 Å². The van der Waals surface area contributed by atoms with Crippen molar-refractivity contribution in [3.63, 3.8) is 0 Å². The number of benzene rings is 1. The molecule has 0 atom stereocenters. The second-order valence-corrected chi connectivity index (χ2v) is 5.48. The summed E-state index contributed by atoms with van der Waals surface area (Å²) in [7, 11) is 1.63. The number of methoxy groups -OCH3 is 1. The maximum Gasteiger partial charge on any atom is 0.275 e. The summed E-state index contributed by atoms with van der Waals surface area (Å²) in [4.78, 5) is 20.4. The fourth-order valence-corrected chi connectivity index (χ4v) is 1.98. The third kappa shape index (κ3) is 4.51. The predicted molar refractivity (Wildman–Crippen MR) is 89.2 cm³/mol. The SMILES string of the molecule is COCCNc1cnc(C(=O)Nc2ccc(Br)c(C)c2)cn1. The molecule has 0 unspecified atom stereocenters.